The first kappa shape index (κ1) is 17.9. The topological polar surface area (TPSA) is 49.8 Å². The van der Waals surface area contributed by atoms with Gasteiger partial charge in [-0.15, -0.1) is 22.7 Å². The normalized spacial score (nSPS) is 20.1. The molecule has 2 N–H and O–H groups in total. The van der Waals surface area contributed by atoms with Crippen molar-refractivity contribution in [2.75, 3.05) is 11.9 Å². The lowest BCUT2D eigenvalue weighted by Crippen LogP contribution is -2.37. The van der Waals surface area contributed by atoms with Gasteiger partial charge in [0.15, 0.2) is 11.6 Å². The fourth-order valence-electron chi connectivity index (χ4n) is 3.86. The predicted molar refractivity (Wildman–Crippen MR) is 112 cm³/mol. The Morgan fingerprint density at radius 2 is 2.14 bits per heavy atom. The zero-order valence-corrected chi connectivity index (χ0v) is 16.8. The number of aromatic nitrogens is 2. The molecule has 1 aliphatic heterocycles. The number of thiazole rings is 1. The van der Waals surface area contributed by atoms with Crippen molar-refractivity contribution in [3.63, 3.8) is 0 Å². The van der Waals surface area contributed by atoms with Crippen molar-refractivity contribution < 1.29 is 8.78 Å². The highest BCUT2D eigenvalue weighted by Crippen LogP contribution is 2.40. The molecule has 0 bridgehead atoms. The quantitative estimate of drug-likeness (QED) is 0.444. The highest BCUT2D eigenvalue weighted by molar-refractivity contribution is 7.18. The molecule has 1 aliphatic rings. The number of pyridine rings is 1. The first-order valence-electron chi connectivity index (χ1n) is 9.22. The minimum Gasteiger partial charge on any atom is -0.350 e. The molecule has 4 aromatic rings. The fraction of sp³-hybridized carbons (Fsp3) is 0.300. The number of hydrogen-bond donors (Lipinski definition) is 2. The number of hydrogen-bond acceptors (Lipinski definition) is 6. The summed E-state index contributed by atoms with van der Waals surface area (Å²) in [7, 11) is 0. The molecule has 144 valence electrons. The summed E-state index contributed by atoms with van der Waals surface area (Å²) in [4.78, 5) is 10.3. The number of anilines is 2. The summed E-state index contributed by atoms with van der Waals surface area (Å²) in [5.74, 6) is -0.583. The van der Waals surface area contributed by atoms with Gasteiger partial charge in [0.25, 0.3) is 0 Å². The van der Waals surface area contributed by atoms with Crippen molar-refractivity contribution in [1.82, 2.24) is 15.3 Å². The molecule has 0 radical (unpaired) electrons. The van der Waals surface area contributed by atoms with Crippen LogP contribution in [0.25, 0.3) is 20.4 Å². The van der Waals surface area contributed by atoms with Gasteiger partial charge in [-0.3, -0.25) is 0 Å². The maximum absolute atomic E-state index is 14.8. The van der Waals surface area contributed by atoms with Crippen molar-refractivity contribution in [1.29, 1.82) is 0 Å². The van der Waals surface area contributed by atoms with E-state index in [0.717, 1.165) is 28.9 Å². The maximum Gasteiger partial charge on any atom is 0.173 e. The van der Waals surface area contributed by atoms with Crippen LogP contribution in [-0.2, 0) is 0 Å². The monoisotopic (exact) mass is 416 g/mol. The zero-order valence-electron chi connectivity index (χ0n) is 15.1. The molecule has 1 saturated heterocycles. The van der Waals surface area contributed by atoms with Gasteiger partial charge in [-0.1, -0.05) is 0 Å². The Morgan fingerprint density at radius 3 is 3.00 bits per heavy atom. The molecule has 1 fully saturated rings. The van der Waals surface area contributed by atoms with E-state index in [0.29, 0.717) is 22.9 Å². The summed E-state index contributed by atoms with van der Waals surface area (Å²) in [6.45, 7) is 3.21. The Morgan fingerprint density at radius 1 is 1.25 bits per heavy atom. The van der Waals surface area contributed by atoms with Gasteiger partial charge in [-0.05, 0) is 44.5 Å². The van der Waals surface area contributed by atoms with E-state index in [9.17, 15) is 8.78 Å². The molecule has 2 atom stereocenters. The Hall–Kier alpha value is -2.16. The summed E-state index contributed by atoms with van der Waals surface area (Å²) in [5.41, 5.74) is 2.38. The molecule has 0 aliphatic carbocycles. The SMILES string of the molecule is C[C@H]1NCCC[C@@H]1c1cc2c(Nc3ccc4scnc4c3F)c(F)cnc2s1. The van der Waals surface area contributed by atoms with Crippen LogP contribution in [-0.4, -0.2) is 22.6 Å². The van der Waals surface area contributed by atoms with Gasteiger partial charge >= 0.3 is 0 Å². The van der Waals surface area contributed by atoms with Gasteiger partial charge in [0, 0.05) is 22.2 Å². The second-order valence-electron chi connectivity index (χ2n) is 7.09. The Balaban J connectivity index is 1.58. The third-order valence-electron chi connectivity index (χ3n) is 5.36. The standard InChI is InChI=1S/C20H18F2N4S2/c1-10-11(3-2-6-23-10)16-7-12-18(13(21)8-24-20(12)28-16)26-14-4-5-15-19(17(14)22)25-9-27-15/h4-5,7-11,23H,2-3,6H2,1H3,(H,24,26)/t10-,11+/m1/s1. The summed E-state index contributed by atoms with van der Waals surface area (Å²) < 4.78 is 30.2. The van der Waals surface area contributed by atoms with Crippen LogP contribution in [0.2, 0.25) is 0 Å². The fourth-order valence-corrected chi connectivity index (χ4v) is 5.78. The highest BCUT2D eigenvalue weighted by atomic mass is 32.1. The zero-order chi connectivity index (χ0) is 19.3. The van der Waals surface area contributed by atoms with E-state index in [1.54, 1.807) is 29.0 Å². The van der Waals surface area contributed by atoms with Gasteiger partial charge in [-0.2, -0.15) is 0 Å². The van der Waals surface area contributed by atoms with Gasteiger partial charge < -0.3 is 10.6 Å². The summed E-state index contributed by atoms with van der Waals surface area (Å²) >= 11 is 2.96. The number of fused-ring (bicyclic) bond motifs is 2. The first-order valence-corrected chi connectivity index (χ1v) is 10.9. The number of halogens is 2. The van der Waals surface area contributed by atoms with Crippen LogP contribution >= 0.6 is 22.7 Å². The lowest BCUT2D eigenvalue weighted by atomic mass is 9.90. The van der Waals surface area contributed by atoms with Crippen LogP contribution < -0.4 is 10.6 Å². The number of nitrogens with one attached hydrogen (secondary N) is 2. The number of benzene rings is 1. The van der Waals surface area contributed by atoms with Crippen molar-refractivity contribution >= 4 is 54.5 Å². The van der Waals surface area contributed by atoms with E-state index in [4.69, 9.17) is 0 Å². The molecule has 0 saturated carbocycles. The molecule has 0 spiro atoms. The van der Waals surface area contributed by atoms with E-state index in [1.807, 2.05) is 6.07 Å². The second kappa shape index (κ2) is 7.02. The molecule has 5 rings (SSSR count). The van der Waals surface area contributed by atoms with Crippen molar-refractivity contribution in [3.8, 4) is 0 Å². The Bertz CT molecular complexity index is 1170. The molecule has 8 heteroatoms. The first-order chi connectivity index (χ1) is 13.6. The van der Waals surface area contributed by atoms with Gasteiger partial charge in [0.05, 0.1) is 27.8 Å². The molecule has 0 amide bonds. The molecule has 4 heterocycles. The van der Waals surface area contributed by atoms with Crippen LogP contribution in [0.15, 0.2) is 29.9 Å². The predicted octanol–water partition coefficient (Wildman–Crippen LogP) is 5.78. The summed E-state index contributed by atoms with van der Waals surface area (Å²) in [6, 6.07) is 5.80. The van der Waals surface area contributed by atoms with Crippen molar-refractivity contribution in [2.45, 2.75) is 31.7 Å². The Labute approximate surface area is 168 Å². The maximum atomic E-state index is 14.8. The van der Waals surface area contributed by atoms with Crippen molar-refractivity contribution in [3.05, 3.63) is 46.4 Å². The average molecular weight is 417 g/mol. The second-order valence-corrected chi connectivity index (χ2v) is 9.04. The summed E-state index contributed by atoms with van der Waals surface area (Å²) in [6.07, 6.45) is 3.42. The third-order valence-corrected chi connectivity index (χ3v) is 7.33. The largest absolute Gasteiger partial charge is 0.350 e. The van der Waals surface area contributed by atoms with E-state index in [-0.39, 0.29) is 11.4 Å². The van der Waals surface area contributed by atoms with Crippen LogP contribution in [0.3, 0.4) is 0 Å². The van der Waals surface area contributed by atoms with E-state index in [1.165, 1.54) is 22.4 Å². The van der Waals surface area contributed by atoms with Crippen LogP contribution in [0.1, 0.15) is 30.6 Å². The number of thiophene rings is 1. The number of piperidine rings is 1. The molecular weight excluding hydrogens is 398 g/mol. The summed E-state index contributed by atoms with van der Waals surface area (Å²) in [5, 5.41) is 7.15. The molecule has 0 unspecified atom stereocenters. The van der Waals surface area contributed by atoms with Gasteiger partial charge in [-0.25, -0.2) is 18.7 Å². The Kier molecular flexibility index (Phi) is 4.49. The molecular formula is C20H18F2N4S2. The lowest BCUT2D eigenvalue weighted by Gasteiger charge is -2.29. The van der Waals surface area contributed by atoms with E-state index >= 15 is 0 Å². The average Bonchev–Trinajstić information content (AvgIpc) is 3.33. The smallest absolute Gasteiger partial charge is 0.173 e. The third kappa shape index (κ3) is 2.96. The minimum absolute atomic E-state index is 0.213. The van der Waals surface area contributed by atoms with Crippen molar-refractivity contribution in [2.24, 2.45) is 0 Å². The minimum atomic E-state index is -0.496. The van der Waals surface area contributed by atoms with Gasteiger partial charge in [0.1, 0.15) is 10.3 Å². The molecule has 28 heavy (non-hydrogen) atoms. The van der Waals surface area contributed by atoms with Gasteiger partial charge in [0.2, 0.25) is 0 Å². The van der Waals surface area contributed by atoms with E-state index < -0.39 is 11.6 Å². The molecule has 1 aromatic carbocycles. The van der Waals surface area contributed by atoms with Crippen LogP contribution in [0.5, 0.6) is 0 Å². The van der Waals surface area contributed by atoms with E-state index in [2.05, 4.69) is 27.5 Å². The van der Waals surface area contributed by atoms with Crippen LogP contribution in [0, 0.1) is 11.6 Å². The lowest BCUT2D eigenvalue weighted by molar-refractivity contribution is 0.375. The highest BCUT2D eigenvalue weighted by Gasteiger charge is 2.25. The molecule has 3 aromatic heterocycles. The number of nitrogens with zero attached hydrogens (tertiary/aromatic N) is 2. The molecule has 4 nitrogen and oxygen atoms in total. The number of rotatable bonds is 3. The van der Waals surface area contributed by atoms with Crippen LogP contribution in [0.4, 0.5) is 20.2 Å².